The summed E-state index contributed by atoms with van der Waals surface area (Å²) in [5.74, 6) is -1.64. The molecule has 0 fully saturated rings. The SMILES string of the molecule is CCOC(=O)/C=C/CC[C@H](NC(=O)OC(C)(C)C)C(=O)O. The standard InChI is InChI=1S/C14H23NO6/c1-5-20-11(16)9-7-6-8-10(12(17)18)15-13(19)21-14(2,3)4/h7,9-10H,5-6,8H2,1-4H3,(H,15,19)(H,17,18)/b9-7+/t10-/m0/s1. The minimum absolute atomic E-state index is 0.143. The van der Waals surface area contributed by atoms with Crippen LogP contribution in [0.1, 0.15) is 40.5 Å². The van der Waals surface area contributed by atoms with Crippen LogP contribution in [0.3, 0.4) is 0 Å². The summed E-state index contributed by atoms with van der Waals surface area (Å²) in [4.78, 5) is 33.6. The van der Waals surface area contributed by atoms with Crippen molar-refractivity contribution in [1.29, 1.82) is 0 Å². The summed E-state index contributed by atoms with van der Waals surface area (Å²) in [5.41, 5.74) is -0.697. The van der Waals surface area contributed by atoms with Crippen LogP contribution in [0.15, 0.2) is 12.2 Å². The van der Waals surface area contributed by atoms with Crippen LogP contribution in [0.25, 0.3) is 0 Å². The molecule has 2 N–H and O–H groups in total. The maximum Gasteiger partial charge on any atom is 0.408 e. The van der Waals surface area contributed by atoms with E-state index in [0.717, 1.165) is 0 Å². The largest absolute Gasteiger partial charge is 0.480 e. The van der Waals surface area contributed by atoms with Gasteiger partial charge in [-0.05, 0) is 40.5 Å². The molecule has 0 heterocycles. The molecule has 0 aliphatic heterocycles. The van der Waals surface area contributed by atoms with Gasteiger partial charge in [-0.25, -0.2) is 14.4 Å². The second-order valence-corrected chi connectivity index (χ2v) is 5.27. The number of rotatable bonds is 7. The topological polar surface area (TPSA) is 102 Å². The van der Waals surface area contributed by atoms with Gasteiger partial charge in [-0.2, -0.15) is 0 Å². The molecule has 0 aliphatic carbocycles. The van der Waals surface area contributed by atoms with Gasteiger partial charge in [-0.15, -0.1) is 0 Å². The van der Waals surface area contributed by atoms with E-state index in [2.05, 4.69) is 10.1 Å². The van der Waals surface area contributed by atoms with Crippen LogP contribution in [-0.2, 0) is 19.1 Å². The number of nitrogens with one attached hydrogen (secondary N) is 1. The molecule has 7 heteroatoms. The van der Waals surface area contributed by atoms with E-state index >= 15 is 0 Å². The summed E-state index contributed by atoms with van der Waals surface area (Å²) in [6.45, 7) is 7.03. The summed E-state index contributed by atoms with van der Waals surface area (Å²) in [5, 5.41) is 11.3. The third-order valence-electron chi connectivity index (χ3n) is 2.15. The van der Waals surface area contributed by atoms with Gasteiger partial charge in [0.05, 0.1) is 6.61 Å². The third-order valence-corrected chi connectivity index (χ3v) is 2.15. The Bertz CT molecular complexity index is 397. The highest BCUT2D eigenvalue weighted by Gasteiger charge is 2.23. The first-order valence-electron chi connectivity index (χ1n) is 6.71. The first kappa shape index (κ1) is 18.9. The summed E-state index contributed by atoms with van der Waals surface area (Å²) < 4.78 is 9.67. The number of ether oxygens (including phenoxy) is 2. The fourth-order valence-corrected chi connectivity index (χ4v) is 1.34. The van der Waals surface area contributed by atoms with Crippen molar-refractivity contribution in [2.24, 2.45) is 0 Å². The predicted molar refractivity (Wildman–Crippen MR) is 75.8 cm³/mol. The molecule has 120 valence electrons. The zero-order valence-electron chi connectivity index (χ0n) is 12.8. The number of allylic oxidation sites excluding steroid dienone is 1. The molecule has 0 saturated carbocycles. The zero-order valence-corrected chi connectivity index (χ0v) is 12.8. The van der Waals surface area contributed by atoms with Gasteiger partial charge in [0.1, 0.15) is 11.6 Å². The van der Waals surface area contributed by atoms with Gasteiger partial charge in [0, 0.05) is 6.08 Å². The Hall–Kier alpha value is -2.05. The van der Waals surface area contributed by atoms with E-state index in [0.29, 0.717) is 6.42 Å². The maximum absolute atomic E-state index is 11.5. The van der Waals surface area contributed by atoms with E-state index in [1.54, 1.807) is 27.7 Å². The molecule has 1 atom stereocenters. The molecule has 0 aliphatic rings. The molecule has 0 spiro atoms. The maximum atomic E-state index is 11.5. The minimum Gasteiger partial charge on any atom is -0.480 e. The number of carboxylic acids is 1. The van der Waals surface area contributed by atoms with Crippen LogP contribution >= 0.6 is 0 Å². The highest BCUT2D eigenvalue weighted by atomic mass is 16.6. The van der Waals surface area contributed by atoms with Crippen molar-refractivity contribution < 1.29 is 29.0 Å². The van der Waals surface area contributed by atoms with Crippen LogP contribution in [0.2, 0.25) is 0 Å². The number of hydrogen-bond acceptors (Lipinski definition) is 5. The first-order valence-corrected chi connectivity index (χ1v) is 6.71. The Balaban J connectivity index is 4.29. The molecule has 0 radical (unpaired) electrons. The lowest BCUT2D eigenvalue weighted by Gasteiger charge is -2.21. The van der Waals surface area contributed by atoms with Crippen molar-refractivity contribution in [3.05, 3.63) is 12.2 Å². The first-order chi connectivity index (χ1) is 9.65. The van der Waals surface area contributed by atoms with Crippen molar-refractivity contribution >= 4 is 18.0 Å². The Morgan fingerprint density at radius 1 is 1.29 bits per heavy atom. The molecule has 0 aromatic carbocycles. The molecule has 0 rings (SSSR count). The Kier molecular flexibility index (Phi) is 8.11. The van der Waals surface area contributed by atoms with Crippen LogP contribution in [-0.4, -0.2) is 41.4 Å². The summed E-state index contributed by atoms with van der Waals surface area (Å²) in [6.07, 6.45) is 2.40. The fraction of sp³-hybridized carbons (Fsp3) is 0.643. The number of carbonyl (C=O) groups excluding carboxylic acids is 2. The third kappa shape index (κ3) is 10.4. The molecular formula is C14H23NO6. The van der Waals surface area contributed by atoms with Gasteiger partial charge >= 0.3 is 18.0 Å². The lowest BCUT2D eigenvalue weighted by atomic mass is 10.1. The molecule has 1 amide bonds. The van der Waals surface area contributed by atoms with Crippen LogP contribution < -0.4 is 5.32 Å². The molecule has 0 aromatic rings. The van der Waals surface area contributed by atoms with Crippen LogP contribution in [0, 0.1) is 0 Å². The van der Waals surface area contributed by atoms with Gasteiger partial charge in [-0.3, -0.25) is 0 Å². The van der Waals surface area contributed by atoms with E-state index < -0.39 is 29.7 Å². The van der Waals surface area contributed by atoms with Gasteiger partial charge in [0.25, 0.3) is 0 Å². The smallest absolute Gasteiger partial charge is 0.408 e. The summed E-state index contributed by atoms with van der Waals surface area (Å²) in [7, 11) is 0. The highest BCUT2D eigenvalue weighted by Crippen LogP contribution is 2.08. The number of amides is 1. The van der Waals surface area contributed by atoms with E-state index in [4.69, 9.17) is 9.84 Å². The van der Waals surface area contributed by atoms with Gasteiger partial charge < -0.3 is 19.9 Å². The Morgan fingerprint density at radius 2 is 1.90 bits per heavy atom. The molecular weight excluding hydrogens is 278 g/mol. The molecule has 0 unspecified atom stereocenters. The second kappa shape index (κ2) is 8.99. The normalized spacial score (nSPS) is 12.8. The van der Waals surface area contributed by atoms with Crippen molar-refractivity contribution in [2.45, 2.75) is 52.2 Å². The molecule has 7 nitrogen and oxygen atoms in total. The highest BCUT2D eigenvalue weighted by molar-refractivity contribution is 5.82. The molecule has 0 aromatic heterocycles. The van der Waals surface area contributed by atoms with E-state index in [9.17, 15) is 14.4 Å². The minimum atomic E-state index is -1.16. The second-order valence-electron chi connectivity index (χ2n) is 5.27. The average Bonchev–Trinajstić information content (AvgIpc) is 2.30. The van der Waals surface area contributed by atoms with Crippen molar-refractivity contribution in [2.75, 3.05) is 6.61 Å². The number of carbonyl (C=O) groups is 3. The quantitative estimate of drug-likeness (QED) is 0.549. The number of hydrogen-bond donors (Lipinski definition) is 2. The molecule has 0 bridgehead atoms. The van der Waals surface area contributed by atoms with Crippen LogP contribution in [0.5, 0.6) is 0 Å². The van der Waals surface area contributed by atoms with E-state index in [-0.39, 0.29) is 13.0 Å². The number of aliphatic carboxylic acids is 1. The van der Waals surface area contributed by atoms with Crippen molar-refractivity contribution in [1.82, 2.24) is 5.32 Å². The van der Waals surface area contributed by atoms with Crippen molar-refractivity contribution in [3.8, 4) is 0 Å². The molecule has 0 saturated heterocycles. The zero-order chi connectivity index (χ0) is 16.5. The average molecular weight is 301 g/mol. The lowest BCUT2D eigenvalue weighted by molar-refractivity contribution is -0.139. The van der Waals surface area contributed by atoms with Gasteiger partial charge in [0.15, 0.2) is 0 Å². The summed E-state index contributed by atoms with van der Waals surface area (Å²) in [6, 6.07) is -1.08. The summed E-state index contributed by atoms with van der Waals surface area (Å²) >= 11 is 0. The fourth-order valence-electron chi connectivity index (χ4n) is 1.34. The Morgan fingerprint density at radius 3 is 2.38 bits per heavy atom. The monoisotopic (exact) mass is 301 g/mol. The van der Waals surface area contributed by atoms with E-state index in [1.807, 2.05) is 0 Å². The Labute approximate surface area is 124 Å². The predicted octanol–water partition coefficient (Wildman–Crippen LogP) is 1.86. The van der Waals surface area contributed by atoms with Crippen LogP contribution in [0.4, 0.5) is 4.79 Å². The lowest BCUT2D eigenvalue weighted by Crippen LogP contribution is -2.43. The van der Waals surface area contributed by atoms with Gasteiger partial charge in [-0.1, -0.05) is 6.08 Å². The van der Waals surface area contributed by atoms with Gasteiger partial charge in [0.2, 0.25) is 0 Å². The molecule has 21 heavy (non-hydrogen) atoms. The number of esters is 1. The van der Waals surface area contributed by atoms with Crippen molar-refractivity contribution in [3.63, 3.8) is 0 Å². The number of alkyl carbamates (subject to hydrolysis) is 1. The number of carboxylic acid groups (broad SMARTS) is 1. The van der Waals surface area contributed by atoms with E-state index in [1.165, 1.54) is 12.2 Å².